The van der Waals surface area contributed by atoms with Crippen molar-refractivity contribution in [3.8, 4) is 17.6 Å². The van der Waals surface area contributed by atoms with Gasteiger partial charge in [0.25, 0.3) is 0 Å². The molecular formula is C37H41ClN6O4. The smallest absolute Gasteiger partial charge is 0.248 e. The van der Waals surface area contributed by atoms with Crippen LogP contribution < -0.4 is 25.4 Å². The number of hydrogen-bond acceptors (Lipinski definition) is 9. The van der Waals surface area contributed by atoms with E-state index in [0.717, 1.165) is 74.4 Å². The lowest BCUT2D eigenvalue weighted by atomic mass is 10.0. The minimum Gasteiger partial charge on any atom is -0.497 e. The summed E-state index contributed by atoms with van der Waals surface area (Å²) in [6.45, 7) is 4.00. The number of rotatable bonds is 10. The van der Waals surface area contributed by atoms with Gasteiger partial charge in [-0.1, -0.05) is 23.8 Å². The van der Waals surface area contributed by atoms with Crippen LogP contribution in [0.5, 0.6) is 11.5 Å². The molecule has 0 saturated carbocycles. The fraction of sp³-hybridized carbons (Fsp3) is 0.378. The van der Waals surface area contributed by atoms with Gasteiger partial charge in [0.15, 0.2) is 0 Å². The minimum atomic E-state index is -0.443. The second kappa shape index (κ2) is 15.7. The lowest BCUT2D eigenvalue weighted by Gasteiger charge is -2.30. The first-order valence-electron chi connectivity index (χ1n) is 16.4. The molecule has 0 spiro atoms. The molecular weight excluding hydrogens is 628 g/mol. The van der Waals surface area contributed by atoms with Crippen LogP contribution >= 0.6 is 11.6 Å². The van der Waals surface area contributed by atoms with Crippen LogP contribution in [0, 0.1) is 11.3 Å². The molecule has 2 atom stereocenters. The molecule has 2 fully saturated rings. The highest BCUT2D eigenvalue weighted by Crippen LogP contribution is 2.37. The zero-order chi connectivity index (χ0) is 33.5. The number of piperidine rings is 2. The Hall–Kier alpha value is -4.40. The van der Waals surface area contributed by atoms with Crippen molar-refractivity contribution < 1.29 is 19.0 Å². The second-order valence-corrected chi connectivity index (χ2v) is 12.9. The number of benzene rings is 2. The molecule has 3 aromatic rings. The first-order chi connectivity index (χ1) is 23.4. The van der Waals surface area contributed by atoms with Crippen LogP contribution in [0.4, 0.5) is 11.4 Å². The van der Waals surface area contributed by atoms with Crippen LogP contribution in [0.15, 0.2) is 78.2 Å². The first kappa shape index (κ1) is 33.5. The number of halogens is 1. The summed E-state index contributed by atoms with van der Waals surface area (Å²) in [6, 6.07) is 13.7. The summed E-state index contributed by atoms with van der Waals surface area (Å²) in [5.74, 6) is 1.14. The Morgan fingerprint density at radius 3 is 2.67 bits per heavy atom. The van der Waals surface area contributed by atoms with E-state index in [1.165, 1.54) is 0 Å². The van der Waals surface area contributed by atoms with Gasteiger partial charge in [0, 0.05) is 42.5 Å². The number of anilines is 2. The number of carbonyl (C=O) groups is 1. The molecule has 3 heterocycles. The molecule has 48 heavy (non-hydrogen) atoms. The van der Waals surface area contributed by atoms with Crippen LogP contribution in [0.3, 0.4) is 0 Å². The second-order valence-electron chi connectivity index (χ2n) is 12.4. The Kier molecular flexibility index (Phi) is 10.9. The summed E-state index contributed by atoms with van der Waals surface area (Å²) in [5, 5.41) is 20.1. The zero-order valence-electron chi connectivity index (χ0n) is 27.3. The Morgan fingerprint density at radius 1 is 1.19 bits per heavy atom. The number of pyridine rings is 1. The standard InChI is InChI=1S/C37H41ClN6O4/c1-44-15-11-29(12-16-44)48-35-20-32-30(19-33(35)43-36(45)17-24-9-13-40-14-10-24)37(26(21-39)22-41-32)42-27-5-8-34(31(38)18-27)47-23-25-3-6-28(46-2)7-4-25/h3-8,17-20,22,29,31,34,40H,9-16,23H2,1-2H3,(H,41,42)(H,43,45). The fourth-order valence-corrected chi connectivity index (χ4v) is 6.37. The number of likely N-dealkylation sites (tertiary alicyclic amines) is 1. The minimum absolute atomic E-state index is 0.0196. The zero-order valence-corrected chi connectivity index (χ0v) is 28.1. The van der Waals surface area contributed by atoms with E-state index in [-0.39, 0.29) is 18.1 Å². The molecule has 250 valence electrons. The molecule has 2 aromatic carbocycles. The summed E-state index contributed by atoms with van der Waals surface area (Å²) in [5.41, 5.74) is 4.94. The molecule has 0 radical (unpaired) electrons. The van der Waals surface area contributed by atoms with E-state index in [1.54, 1.807) is 19.4 Å². The van der Waals surface area contributed by atoms with Crippen LogP contribution in [-0.4, -0.2) is 73.7 Å². The van der Waals surface area contributed by atoms with Gasteiger partial charge in [-0.2, -0.15) is 5.26 Å². The number of nitrogens with zero attached hydrogens (tertiary/aromatic N) is 3. The van der Waals surface area contributed by atoms with Crippen molar-refractivity contribution in [1.82, 2.24) is 15.2 Å². The third-order valence-electron chi connectivity index (χ3n) is 8.88. The fourth-order valence-electron chi connectivity index (χ4n) is 6.08. The highest BCUT2D eigenvalue weighted by molar-refractivity contribution is 6.22. The van der Waals surface area contributed by atoms with Crippen molar-refractivity contribution in [3.05, 3.63) is 89.3 Å². The molecule has 6 rings (SSSR count). The van der Waals surface area contributed by atoms with Crippen LogP contribution in [0.2, 0.25) is 0 Å². The molecule has 3 N–H and O–H groups in total. The normalized spacial score (nSPS) is 20.1. The van der Waals surface area contributed by atoms with Gasteiger partial charge in [0.1, 0.15) is 23.7 Å². The molecule has 1 amide bonds. The van der Waals surface area contributed by atoms with Gasteiger partial charge in [-0.05, 0) is 81.7 Å². The van der Waals surface area contributed by atoms with Gasteiger partial charge in [0.2, 0.25) is 5.91 Å². The monoisotopic (exact) mass is 668 g/mol. The van der Waals surface area contributed by atoms with Crippen LogP contribution in [0.25, 0.3) is 10.9 Å². The van der Waals surface area contributed by atoms with Gasteiger partial charge in [-0.25, -0.2) is 0 Å². The highest BCUT2D eigenvalue weighted by atomic mass is 35.5. The number of carbonyl (C=O) groups excluding carboxylic acids is 1. The maximum absolute atomic E-state index is 13.3. The van der Waals surface area contributed by atoms with Gasteiger partial charge in [-0.3, -0.25) is 9.78 Å². The van der Waals surface area contributed by atoms with Crippen molar-refractivity contribution in [3.63, 3.8) is 0 Å². The van der Waals surface area contributed by atoms with E-state index in [1.807, 2.05) is 54.6 Å². The molecule has 2 aliphatic heterocycles. The number of ether oxygens (including phenoxy) is 3. The lowest BCUT2D eigenvalue weighted by molar-refractivity contribution is -0.112. The van der Waals surface area contributed by atoms with Gasteiger partial charge in [0.05, 0.1) is 47.7 Å². The molecule has 3 aliphatic rings. The summed E-state index contributed by atoms with van der Waals surface area (Å²) in [4.78, 5) is 20.2. The van der Waals surface area contributed by atoms with E-state index in [0.29, 0.717) is 40.2 Å². The van der Waals surface area contributed by atoms with Crippen LogP contribution in [-0.2, 0) is 16.1 Å². The summed E-state index contributed by atoms with van der Waals surface area (Å²) < 4.78 is 17.8. The number of alkyl halides is 1. The van der Waals surface area contributed by atoms with Gasteiger partial charge >= 0.3 is 0 Å². The molecule has 1 aromatic heterocycles. The Labute approximate surface area is 286 Å². The Morgan fingerprint density at radius 2 is 1.96 bits per heavy atom. The largest absolute Gasteiger partial charge is 0.497 e. The number of aromatic nitrogens is 1. The maximum Gasteiger partial charge on any atom is 0.248 e. The summed E-state index contributed by atoms with van der Waals surface area (Å²) in [7, 11) is 3.74. The predicted octanol–water partition coefficient (Wildman–Crippen LogP) is 5.89. The number of hydrogen-bond donors (Lipinski definition) is 3. The average Bonchev–Trinajstić information content (AvgIpc) is 3.10. The summed E-state index contributed by atoms with van der Waals surface area (Å²) >= 11 is 6.77. The SMILES string of the molecule is COc1ccc(COC2C=CC(Nc3c(C#N)cnc4cc(OC5CCN(C)CC5)c(NC(=O)C=C5CCNCC5)cc34)=CC2Cl)cc1. The Balaban J connectivity index is 1.25. The summed E-state index contributed by atoms with van der Waals surface area (Å²) in [6.07, 6.45) is 12.1. The lowest BCUT2D eigenvalue weighted by Crippen LogP contribution is -2.35. The van der Waals surface area contributed by atoms with Crippen LogP contribution in [0.1, 0.15) is 36.8 Å². The third kappa shape index (κ3) is 8.35. The van der Waals surface area contributed by atoms with E-state index in [9.17, 15) is 10.1 Å². The quantitative estimate of drug-likeness (QED) is 0.179. The first-order valence-corrected chi connectivity index (χ1v) is 16.8. The number of amides is 1. The van der Waals surface area contributed by atoms with E-state index in [2.05, 4.69) is 39.0 Å². The molecule has 2 unspecified atom stereocenters. The highest BCUT2D eigenvalue weighted by Gasteiger charge is 2.24. The van der Waals surface area contributed by atoms with Crippen molar-refractivity contribution in [1.29, 1.82) is 5.26 Å². The number of allylic oxidation sites excluding steroid dienone is 1. The average molecular weight is 669 g/mol. The van der Waals surface area contributed by atoms with Crippen molar-refractivity contribution in [2.24, 2.45) is 0 Å². The van der Waals surface area contributed by atoms with Crippen molar-refractivity contribution in [2.75, 3.05) is 51.0 Å². The third-order valence-corrected chi connectivity index (χ3v) is 9.25. The van der Waals surface area contributed by atoms with Crippen molar-refractivity contribution in [2.45, 2.75) is 49.9 Å². The maximum atomic E-state index is 13.3. The van der Waals surface area contributed by atoms with Crippen molar-refractivity contribution >= 4 is 39.8 Å². The molecule has 2 saturated heterocycles. The number of nitrogens with one attached hydrogen (secondary N) is 3. The molecule has 0 bridgehead atoms. The Bertz CT molecular complexity index is 1750. The molecule has 10 nitrogen and oxygen atoms in total. The van der Waals surface area contributed by atoms with Gasteiger partial charge in [-0.15, -0.1) is 11.6 Å². The number of fused-ring (bicyclic) bond motifs is 1. The van der Waals surface area contributed by atoms with E-state index in [4.69, 9.17) is 25.8 Å². The number of nitriles is 1. The van der Waals surface area contributed by atoms with E-state index < -0.39 is 5.38 Å². The predicted molar refractivity (Wildman–Crippen MR) is 188 cm³/mol. The molecule has 11 heteroatoms. The number of methoxy groups -OCH3 is 1. The van der Waals surface area contributed by atoms with E-state index >= 15 is 0 Å². The van der Waals surface area contributed by atoms with Gasteiger partial charge < -0.3 is 35.1 Å². The topological polar surface area (TPSA) is 121 Å². The molecule has 1 aliphatic carbocycles.